The van der Waals surface area contributed by atoms with Gasteiger partial charge < -0.3 is 0 Å². The van der Waals surface area contributed by atoms with Gasteiger partial charge in [0.05, 0.1) is 0 Å². The summed E-state index contributed by atoms with van der Waals surface area (Å²) < 4.78 is 0. The van der Waals surface area contributed by atoms with E-state index in [-0.39, 0.29) is 0 Å². The first-order valence-electron chi connectivity index (χ1n) is 8.45. The molecule has 0 spiro atoms. The zero-order valence-electron chi connectivity index (χ0n) is 12.9. The summed E-state index contributed by atoms with van der Waals surface area (Å²) >= 11 is 2.03. The van der Waals surface area contributed by atoms with Gasteiger partial charge in [-0.05, 0) is 65.5 Å². The first kappa shape index (κ1) is 12.9. The predicted molar refractivity (Wildman–Crippen MR) is 96.1 cm³/mol. The normalized spacial score (nSPS) is 28.0. The van der Waals surface area contributed by atoms with Crippen LogP contribution in [0.2, 0.25) is 0 Å². The molecular weight excluding hydrogens is 284 g/mol. The van der Waals surface area contributed by atoms with Crippen molar-refractivity contribution in [1.82, 2.24) is 0 Å². The van der Waals surface area contributed by atoms with Crippen LogP contribution in [0.3, 0.4) is 0 Å². The minimum atomic E-state index is 0.561. The molecule has 0 aliphatic heterocycles. The Morgan fingerprint density at radius 1 is 1.05 bits per heavy atom. The van der Waals surface area contributed by atoms with Crippen molar-refractivity contribution in [2.75, 3.05) is 0 Å². The van der Waals surface area contributed by atoms with Crippen LogP contribution in [-0.2, 0) is 6.42 Å². The van der Waals surface area contributed by atoms with Gasteiger partial charge in [0, 0.05) is 15.7 Å². The minimum absolute atomic E-state index is 0.561. The lowest BCUT2D eigenvalue weighted by molar-refractivity contribution is 0.634. The summed E-state index contributed by atoms with van der Waals surface area (Å²) in [6.07, 6.45) is 21.5. The van der Waals surface area contributed by atoms with Crippen molar-refractivity contribution in [3.05, 3.63) is 68.5 Å². The van der Waals surface area contributed by atoms with Gasteiger partial charge in [-0.15, -0.1) is 11.3 Å². The van der Waals surface area contributed by atoms with Gasteiger partial charge in [0.15, 0.2) is 0 Å². The van der Waals surface area contributed by atoms with Gasteiger partial charge in [0.25, 0.3) is 0 Å². The molecule has 0 fully saturated rings. The molecule has 22 heavy (non-hydrogen) atoms. The molecule has 0 amide bonds. The Morgan fingerprint density at radius 3 is 2.86 bits per heavy atom. The SMILES string of the molecule is CC1c2c(sc3c2CCC=C3)C2=CC1C=CC1=C2CCC=C1. The summed E-state index contributed by atoms with van der Waals surface area (Å²) in [4.78, 5) is 3.10. The van der Waals surface area contributed by atoms with E-state index in [0.717, 1.165) is 0 Å². The first-order chi connectivity index (χ1) is 10.8. The van der Waals surface area contributed by atoms with E-state index in [1.807, 2.05) is 11.3 Å². The van der Waals surface area contributed by atoms with E-state index in [2.05, 4.69) is 49.5 Å². The van der Waals surface area contributed by atoms with E-state index in [1.165, 1.54) is 36.1 Å². The molecule has 2 atom stereocenters. The number of hydrogen-bond acceptors (Lipinski definition) is 1. The van der Waals surface area contributed by atoms with E-state index in [4.69, 9.17) is 0 Å². The third-order valence-electron chi connectivity index (χ3n) is 5.58. The second-order valence-corrected chi connectivity index (χ2v) is 7.86. The molecule has 4 aliphatic rings. The summed E-state index contributed by atoms with van der Waals surface area (Å²) in [7, 11) is 0. The highest BCUT2D eigenvalue weighted by Gasteiger charge is 2.34. The lowest BCUT2D eigenvalue weighted by Crippen LogP contribution is -2.14. The van der Waals surface area contributed by atoms with Crippen LogP contribution in [0.1, 0.15) is 53.0 Å². The molecule has 0 nitrogen and oxygen atoms in total. The Labute approximate surface area is 136 Å². The fourth-order valence-electron chi connectivity index (χ4n) is 4.40. The molecule has 0 aromatic carbocycles. The van der Waals surface area contributed by atoms with Crippen LogP contribution in [0.5, 0.6) is 0 Å². The summed E-state index contributed by atoms with van der Waals surface area (Å²) in [5, 5.41) is 0. The molecule has 1 heterocycles. The maximum absolute atomic E-state index is 2.55. The van der Waals surface area contributed by atoms with Crippen LogP contribution < -0.4 is 0 Å². The van der Waals surface area contributed by atoms with Crippen LogP contribution in [0.15, 0.2) is 47.6 Å². The molecule has 2 bridgehead atoms. The second kappa shape index (κ2) is 4.70. The fourth-order valence-corrected chi connectivity index (χ4v) is 5.84. The van der Waals surface area contributed by atoms with Crippen LogP contribution in [0, 0.1) is 5.92 Å². The lowest BCUT2D eigenvalue weighted by Gasteiger charge is -2.28. The molecule has 0 N–H and O–H groups in total. The van der Waals surface area contributed by atoms with Crippen molar-refractivity contribution in [2.24, 2.45) is 5.92 Å². The van der Waals surface area contributed by atoms with Gasteiger partial charge in [0.2, 0.25) is 0 Å². The maximum atomic E-state index is 2.55. The topological polar surface area (TPSA) is 0 Å². The Bertz CT molecular complexity index is 807. The second-order valence-electron chi connectivity index (χ2n) is 6.81. The summed E-state index contributed by atoms with van der Waals surface area (Å²) in [6, 6.07) is 0. The van der Waals surface area contributed by atoms with Crippen molar-refractivity contribution in [3.8, 4) is 0 Å². The van der Waals surface area contributed by atoms with Crippen molar-refractivity contribution in [3.63, 3.8) is 0 Å². The van der Waals surface area contributed by atoms with Crippen molar-refractivity contribution < 1.29 is 0 Å². The Morgan fingerprint density at radius 2 is 1.91 bits per heavy atom. The first-order valence-corrected chi connectivity index (χ1v) is 9.27. The maximum Gasteiger partial charge on any atom is 0.0387 e. The van der Waals surface area contributed by atoms with E-state index >= 15 is 0 Å². The molecule has 1 heteroatoms. The van der Waals surface area contributed by atoms with Gasteiger partial charge in [0.1, 0.15) is 0 Å². The van der Waals surface area contributed by atoms with Crippen molar-refractivity contribution in [1.29, 1.82) is 0 Å². The van der Waals surface area contributed by atoms with Gasteiger partial charge in [-0.3, -0.25) is 0 Å². The summed E-state index contributed by atoms with van der Waals surface area (Å²) in [5.41, 5.74) is 7.89. The molecule has 4 aliphatic carbocycles. The molecule has 0 saturated carbocycles. The van der Waals surface area contributed by atoms with Gasteiger partial charge in [-0.1, -0.05) is 43.4 Å². The minimum Gasteiger partial charge on any atom is -0.135 e. The highest BCUT2D eigenvalue weighted by Crippen LogP contribution is 2.51. The van der Waals surface area contributed by atoms with Gasteiger partial charge in [-0.25, -0.2) is 0 Å². The number of fused-ring (bicyclic) bond motifs is 6. The number of thiophene rings is 1. The van der Waals surface area contributed by atoms with E-state index in [0.29, 0.717) is 11.8 Å². The van der Waals surface area contributed by atoms with Crippen LogP contribution in [0.25, 0.3) is 11.6 Å². The Hall–Kier alpha value is -1.60. The quantitative estimate of drug-likeness (QED) is 0.548. The van der Waals surface area contributed by atoms with Crippen molar-refractivity contribution in [2.45, 2.75) is 38.5 Å². The smallest absolute Gasteiger partial charge is 0.0387 e. The number of allylic oxidation sites excluding steroid dienone is 9. The molecule has 1 aromatic heterocycles. The number of hydrogen-bond donors (Lipinski definition) is 0. The third-order valence-corrected chi connectivity index (χ3v) is 6.82. The molecule has 110 valence electrons. The Balaban J connectivity index is 1.78. The highest BCUT2D eigenvalue weighted by atomic mass is 32.1. The largest absolute Gasteiger partial charge is 0.135 e. The van der Waals surface area contributed by atoms with Gasteiger partial charge >= 0.3 is 0 Å². The van der Waals surface area contributed by atoms with E-state index in [1.54, 1.807) is 27.2 Å². The predicted octanol–water partition coefficient (Wildman–Crippen LogP) is 6.04. The molecule has 0 radical (unpaired) electrons. The zero-order chi connectivity index (χ0) is 14.7. The van der Waals surface area contributed by atoms with E-state index in [9.17, 15) is 0 Å². The third kappa shape index (κ3) is 1.69. The summed E-state index contributed by atoms with van der Waals surface area (Å²) in [5.74, 6) is 1.18. The molecular formula is C21H20S. The molecule has 2 unspecified atom stereocenters. The lowest BCUT2D eigenvalue weighted by atomic mass is 9.76. The molecule has 1 aromatic rings. The molecule has 0 saturated heterocycles. The average Bonchev–Trinajstić information content (AvgIpc) is 2.85. The van der Waals surface area contributed by atoms with Crippen LogP contribution in [0.4, 0.5) is 0 Å². The standard InChI is InChI=1S/C21H20S/c1-13-15-11-10-14-6-2-3-7-16(14)18(12-15)21-20(13)17-8-4-5-9-19(17)22-21/h2,5-6,9-13,15H,3-4,7-8H2,1H3. The van der Waals surface area contributed by atoms with Crippen molar-refractivity contribution >= 4 is 23.0 Å². The highest BCUT2D eigenvalue weighted by molar-refractivity contribution is 7.14. The van der Waals surface area contributed by atoms with E-state index < -0.39 is 0 Å². The monoisotopic (exact) mass is 304 g/mol. The fraction of sp³-hybridized carbons (Fsp3) is 0.333. The summed E-state index contributed by atoms with van der Waals surface area (Å²) in [6.45, 7) is 2.42. The molecule has 5 rings (SSSR count). The Kier molecular flexibility index (Phi) is 2.75. The average molecular weight is 304 g/mol. The zero-order valence-corrected chi connectivity index (χ0v) is 13.7. The van der Waals surface area contributed by atoms with Crippen LogP contribution in [-0.4, -0.2) is 0 Å². The number of rotatable bonds is 0. The van der Waals surface area contributed by atoms with Crippen LogP contribution >= 0.6 is 11.3 Å². The van der Waals surface area contributed by atoms with Gasteiger partial charge in [-0.2, -0.15) is 0 Å².